The Bertz CT molecular complexity index is 391. The Labute approximate surface area is 115 Å². The topological polar surface area (TPSA) is 59.7 Å². The van der Waals surface area contributed by atoms with Gasteiger partial charge in [-0.25, -0.2) is 0 Å². The molecule has 0 heterocycles. The van der Waals surface area contributed by atoms with Gasteiger partial charge in [0.25, 0.3) is 0 Å². The molecular weight excluding hydrogens is 234 g/mol. The van der Waals surface area contributed by atoms with Crippen LogP contribution in [0.3, 0.4) is 0 Å². The molecule has 0 aromatic carbocycles. The van der Waals surface area contributed by atoms with E-state index in [2.05, 4.69) is 11.5 Å². The molecular formula is C16H23N3. The molecule has 0 saturated heterocycles. The van der Waals surface area contributed by atoms with Gasteiger partial charge >= 0.3 is 0 Å². The highest BCUT2D eigenvalue weighted by Crippen LogP contribution is 2.30. The van der Waals surface area contributed by atoms with E-state index in [4.69, 9.17) is 10.7 Å². The van der Waals surface area contributed by atoms with E-state index < -0.39 is 0 Å². The standard InChI is InChI=1S/C16H23N3/c17-8-4-5-13-9-16(10-13)19-12-15(11-18)14-6-2-1-3-7-14/h4-5,11-14,16,18-19H,1-3,6-7,9-10H2/b5-4+,15-12+,18-11?. The lowest BCUT2D eigenvalue weighted by atomic mass is 9.80. The molecule has 2 fully saturated rings. The van der Waals surface area contributed by atoms with E-state index in [1.54, 1.807) is 6.08 Å². The molecule has 0 amide bonds. The molecule has 0 aliphatic heterocycles. The summed E-state index contributed by atoms with van der Waals surface area (Å²) in [6.07, 6.45) is 15.8. The fraction of sp³-hybridized carbons (Fsp3) is 0.625. The number of hydrogen-bond donors (Lipinski definition) is 2. The van der Waals surface area contributed by atoms with Gasteiger partial charge in [-0.15, -0.1) is 0 Å². The Hall–Kier alpha value is -1.56. The lowest BCUT2D eigenvalue weighted by molar-refractivity contribution is 0.290. The average Bonchev–Trinajstić information content (AvgIpc) is 2.41. The fourth-order valence-corrected chi connectivity index (χ4v) is 3.06. The summed E-state index contributed by atoms with van der Waals surface area (Å²) < 4.78 is 0. The third-order valence-electron chi connectivity index (χ3n) is 4.35. The maximum Gasteiger partial charge on any atom is 0.0908 e. The molecule has 0 bridgehead atoms. The van der Waals surface area contributed by atoms with Gasteiger partial charge in [-0.1, -0.05) is 25.3 Å². The zero-order valence-electron chi connectivity index (χ0n) is 11.4. The predicted molar refractivity (Wildman–Crippen MR) is 77.8 cm³/mol. The van der Waals surface area contributed by atoms with Crippen molar-refractivity contribution in [2.45, 2.75) is 51.0 Å². The van der Waals surface area contributed by atoms with Crippen molar-refractivity contribution in [1.29, 1.82) is 10.7 Å². The number of nitrogens with one attached hydrogen (secondary N) is 2. The van der Waals surface area contributed by atoms with Crippen molar-refractivity contribution in [2.24, 2.45) is 11.8 Å². The molecule has 0 spiro atoms. The number of hydrogen-bond acceptors (Lipinski definition) is 3. The van der Waals surface area contributed by atoms with E-state index in [-0.39, 0.29) is 0 Å². The van der Waals surface area contributed by atoms with E-state index in [0.717, 1.165) is 18.4 Å². The van der Waals surface area contributed by atoms with Crippen LogP contribution in [0.2, 0.25) is 0 Å². The van der Waals surface area contributed by atoms with Crippen molar-refractivity contribution in [1.82, 2.24) is 5.32 Å². The van der Waals surface area contributed by atoms with Crippen molar-refractivity contribution in [2.75, 3.05) is 0 Å². The summed E-state index contributed by atoms with van der Waals surface area (Å²) in [5, 5.41) is 19.5. The second-order valence-corrected chi connectivity index (χ2v) is 5.71. The SMILES string of the molecule is N#C/C=C/C1CC(N/C=C(\C=N)C2CCCCC2)C1. The first-order chi connectivity index (χ1) is 9.33. The molecule has 3 nitrogen and oxygen atoms in total. The van der Waals surface area contributed by atoms with Crippen LogP contribution in [0.15, 0.2) is 23.9 Å². The fourth-order valence-electron chi connectivity index (χ4n) is 3.06. The highest BCUT2D eigenvalue weighted by molar-refractivity contribution is 5.76. The largest absolute Gasteiger partial charge is 0.388 e. The number of allylic oxidation sites excluding steroid dienone is 3. The highest BCUT2D eigenvalue weighted by atomic mass is 14.9. The molecule has 2 N–H and O–H groups in total. The van der Waals surface area contributed by atoms with Crippen molar-refractivity contribution < 1.29 is 0 Å². The van der Waals surface area contributed by atoms with Crippen LogP contribution < -0.4 is 5.32 Å². The van der Waals surface area contributed by atoms with Gasteiger partial charge in [0.15, 0.2) is 0 Å². The Morgan fingerprint density at radius 2 is 1.95 bits per heavy atom. The van der Waals surface area contributed by atoms with Crippen LogP contribution in [0.25, 0.3) is 0 Å². The molecule has 102 valence electrons. The summed E-state index contributed by atoms with van der Waals surface area (Å²) in [7, 11) is 0. The second-order valence-electron chi connectivity index (χ2n) is 5.71. The summed E-state index contributed by atoms with van der Waals surface area (Å²) in [5.74, 6) is 1.15. The molecule has 0 aromatic rings. The zero-order valence-corrected chi connectivity index (χ0v) is 11.4. The molecule has 3 heteroatoms. The van der Waals surface area contributed by atoms with Crippen molar-refractivity contribution >= 4 is 6.21 Å². The van der Waals surface area contributed by atoms with Gasteiger partial charge in [-0.2, -0.15) is 5.26 Å². The van der Waals surface area contributed by atoms with E-state index in [9.17, 15) is 0 Å². The first-order valence-corrected chi connectivity index (χ1v) is 7.36. The van der Waals surface area contributed by atoms with E-state index in [1.165, 1.54) is 38.3 Å². The lowest BCUT2D eigenvalue weighted by Gasteiger charge is -2.34. The maximum atomic E-state index is 8.47. The first kappa shape index (κ1) is 13.9. The molecule has 2 aliphatic rings. The zero-order chi connectivity index (χ0) is 13.5. The van der Waals surface area contributed by atoms with E-state index in [1.807, 2.05) is 12.1 Å². The molecule has 0 atom stereocenters. The Kier molecular flexibility index (Phi) is 5.20. The average molecular weight is 257 g/mol. The lowest BCUT2D eigenvalue weighted by Crippen LogP contribution is -2.38. The van der Waals surface area contributed by atoms with Crippen molar-refractivity contribution in [3.63, 3.8) is 0 Å². The number of nitrogens with zero attached hydrogens (tertiary/aromatic N) is 1. The predicted octanol–water partition coefficient (Wildman–Crippen LogP) is 3.55. The number of rotatable bonds is 5. The normalized spacial score (nSPS) is 28.7. The summed E-state index contributed by atoms with van der Waals surface area (Å²) in [6, 6.07) is 2.56. The van der Waals surface area contributed by atoms with Crippen molar-refractivity contribution in [3.8, 4) is 6.07 Å². The molecule has 0 unspecified atom stereocenters. The molecule has 0 radical (unpaired) electrons. The van der Waals surface area contributed by atoms with Crippen molar-refractivity contribution in [3.05, 3.63) is 23.9 Å². The van der Waals surface area contributed by atoms with Crippen LogP contribution in [0.5, 0.6) is 0 Å². The van der Waals surface area contributed by atoms with Gasteiger partial charge in [-0.3, -0.25) is 0 Å². The van der Waals surface area contributed by atoms with Gasteiger partial charge in [0.1, 0.15) is 0 Å². The second kappa shape index (κ2) is 7.13. The van der Waals surface area contributed by atoms with Gasteiger partial charge in [0.2, 0.25) is 0 Å². The highest BCUT2D eigenvalue weighted by Gasteiger charge is 2.26. The van der Waals surface area contributed by atoms with Crippen LogP contribution in [0, 0.1) is 28.6 Å². The van der Waals surface area contributed by atoms with Gasteiger partial charge in [0, 0.05) is 24.5 Å². The monoisotopic (exact) mass is 257 g/mol. The minimum Gasteiger partial charge on any atom is -0.388 e. The maximum absolute atomic E-state index is 8.47. The van der Waals surface area contributed by atoms with Gasteiger partial charge in [0.05, 0.1) is 6.07 Å². The molecule has 2 rings (SSSR count). The molecule has 0 aromatic heterocycles. The Morgan fingerprint density at radius 1 is 1.21 bits per heavy atom. The minimum atomic E-state index is 0.520. The number of nitriles is 1. The van der Waals surface area contributed by atoms with E-state index in [0.29, 0.717) is 17.9 Å². The Morgan fingerprint density at radius 3 is 2.58 bits per heavy atom. The van der Waals surface area contributed by atoms with Gasteiger partial charge in [-0.05, 0) is 43.1 Å². The molecule has 2 saturated carbocycles. The third kappa shape index (κ3) is 3.96. The first-order valence-electron chi connectivity index (χ1n) is 7.36. The summed E-state index contributed by atoms with van der Waals surface area (Å²) in [6.45, 7) is 0. The van der Waals surface area contributed by atoms with Crippen LogP contribution in [-0.4, -0.2) is 12.3 Å². The third-order valence-corrected chi connectivity index (χ3v) is 4.35. The van der Waals surface area contributed by atoms with E-state index >= 15 is 0 Å². The smallest absolute Gasteiger partial charge is 0.0908 e. The summed E-state index contributed by atoms with van der Waals surface area (Å²) in [4.78, 5) is 0. The van der Waals surface area contributed by atoms with Crippen LogP contribution >= 0.6 is 0 Å². The summed E-state index contributed by atoms with van der Waals surface area (Å²) in [5.41, 5.74) is 1.16. The van der Waals surface area contributed by atoms with Gasteiger partial charge < -0.3 is 10.7 Å². The van der Waals surface area contributed by atoms with Crippen LogP contribution in [0.1, 0.15) is 44.9 Å². The Balaban J connectivity index is 1.76. The minimum absolute atomic E-state index is 0.520. The molecule has 19 heavy (non-hydrogen) atoms. The van der Waals surface area contributed by atoms with Crippen LogP contribution in [-0.2, 0) is 0 Å². The summed E-state index contributed by atoms with van der Waals surface area (Å²) >= 11 is 0. The molecule has 2 aliphatic carbocycles. The quantitative estimate of drug-likeness (QED) is 0.584. The van der Waals surface area contributed by atoms with Crippen LogP contribution in [0.4, 0.5) is 0 Å².